The van der Waals surface area contributed by atoms with Crippen molar-refractivity contribution in [1.82, 2.24) is 0 Å². The Hall–Kier alpha value is 1.60. The van der Waals surface area contributed by atoms with Gasteiger partial charge in [0.2, 0.25) is 0 Å². The van der Waals surface area contributed by atoms with E-state index in [-0.39, 0.29) is 44.6 Å². The minimum atomic E-state index is 0. The summed E-state index contributed by atoms with van der Waals surface area (Å²) in [6.45, 7) is 0. The third-order valence-electron chi connectivity index (χ3n) is 1.50. The third kappa shape index (κ3) is 8.70. The van der Waals surface area contributed by atoms with Gasteiger partial charge in [-0.25, -0.2) is 0 Å². The van der Waals surface area contributed by atoms with Crippen LogP contribution in [0.2, 0.25) is 0 Å². The summed E-state index contributed by atoms with van der Waals surface area (Å²) < 4.78 is 6.71. The van der Waals surface area contributed by atoms with E-state index in [9.17, 15) is 0 Å². The molecule has 0 aliphatic heterocycles. The number of rotatable bonds is 1. The third-order valence-corrected chi connectivity index (χ3v) is 10.7. The second-order valence-electron chi connectivity index (χ2n) is 2.40. The fourth-order valence-electron chi connectivity index (χ4n) is 0.971. The molecule has 0 aliphatic rings. The van der Waals surface area contributed by atoms with Gasteiger partial charge in [0.1, 0.15) is 0 Å². The topological polar surface area (TPSA) is 0 Å². The van der Waals surface area contributed by atoms with Gasteiger partial charge in [-0.1, -0.05) is 44.6 Å². The molecular weight excluding hydrogens is 563 g/mol. The SMILES string of the molecule is C.C.C.C.C.C.[SnH][c]1ccc(-c2cc[c]([SnH])[se]2)[se]1. The first-order valence-corrected chi connectivity index (χ1v) is 10.2. The van der Waals surface area contributed by atoms with Crippen LogP contribution < -0.4 is 4.91 Å². The maximum atomic E-state index is 2.35. The van der Waals surface area contributed by atoms with Crippen molar-refractivity contribution < 1.29 is 0 Å². The molecule has 0 saturated heterocycles. The molecular formula is C14H30Se2Sn2. The molecule has 2 aromatic heterocycles. The van der Waals surface area contributed by atoms with Crippen LogP contribution in [0.5, 0.6) is 0 Å². The zero-order valence-electron chi connectivity index (χ0n) is 6.28. The molecule has 0 unspecified atom stereocenters. The Bertz CT molecular complexity index is 354. The summed E-state index contributed by atoms with van der Waals surface area (Å²) in [5, 5.41) is 0. The van der Waals surface area contributed by atoms with Crippen molar-refractivity contribution in [1.29, 1.82) is 0 Å². The Kier molecular flexibility index (Phi) is 26.5. The van der Waals surface area contributed by atoms with E-state index in [1.807, 2.05) is 0 Å². The molecule has 0 atom stereocenters. The molecule has 0 fully saturated rings. The second-order valence-corrected chi connectivity index (χ2v) is 16.0. The van der Waals surface area contributed by atoms with E-state index in [0.717, 1.165) is 0 Å². The van der Waals surface area contributed by atoms with Crippen LogP contribution in [-0.4, -0.2) is 74.1 Å². The first-order valence-electron chi connectivity index (χ1n) is 3.47. The minimum absolute atomic E-state index is 0. The van der Waals surface area contributed by atoms with Crippen LogP contribution in [0.15, 0.2) is 24.3 Å². The van der Waals surface area contributed by atoms with Crippen molar-refractivity contribution in [3.63, 3.8) is 0 Å². The Morgan fingerprint density at radius 1 is 0.556 bits per heavy atom. The standard InChI is InChI=1S/C8H4Se2.6CH4.2Sn.2H/c1-3-7(9-5-1)8-4-2-6-10-8;;;;;;;;;;/h1-4H;6*1H4;;;;. The van der Waals surface area contributed by atoms with E-state index in [0.29, 0.717) is 29.0 Å². The molecule has 106 valence electrons. The summed E-state index contributed by atoms with van der Waals surface area (Å²) in [5.41, 5.74) is 0. The van der Waals surface area contributed by atoms with Crippen LogP contribution in [0, 0.1) is 0 Å². The van der Waals surface area contributed by atoms with Crippen molar-refractivity contribution in [2.45, 2.75) is 44.6 Å². The van der Waals surface area contributed by atoms with Gasteiger partial charge >= 0.3 is 112 Å². The average Bonchev–Trinajstić information content (AvgIpc) is 2.58. The predicted molar refractivity (Wildman–Crippen MR) is 99.7 cm³/mol. The number of hydrogen-bond donors (Lipinski definition) is 0. The Morgan fingerprint density at radius 3 is 1.00 bits per heavy atom. The first-order chi connectivity index (χ1) is 5.75. The second kappa shape index (κ2) is 15.0. The fourth-order valence-corrected chi connectivity index (χ4v) is 9.11. The van der Waals surface area contributed by atoms with Gasteiger partial charge in [0.15, 0.2) is 0 Å². The molecule has 2 aromatic rings. The van der Waals surface area contributed by atoms with Gasteiger partial charge in [0.25, 0.3) is 0 Å². The molecule has 4 radical (unpaired) electrons. The normalized spacial score (nSPS) is 7.00. The van der Waals surface area contributed by atoms with Crippen molar-refractivity contribution >= 4 is 79.0 Å². The Labute approximate surface area is 155 Å². The van der Waals surface area contributed by atoms with Gasteiger partial charge in [-0.2, -0.15) is 0 Å². The monoisotopic (exact) mass is 598 g/mol. The van der Waals surface area contributed by atoms with Gasteiger partial charge in [-0.3, -0.25) is 0 Å². The van der Waals surface area contributed by atoms with Crippen molar-refractivity contribution in [3.05, 3.63) is 24.3 Å². The summed E-state index contributed by atoms with van der Waals surface area (Å²) in [5.74, 6) is 0. The molecule has 18 heavy (non-hydrogen) atoms. The quantitative estimate of drug-likeness (QED) is 0.446. The molecule has 0 N–H and O–H groups in total. The average molecular weight is 594 g/mol. The van der Waals surface area contributed by atoms with Gasteiger partial charge in [0.05, 0.1) is 0 Å². The van der Waals surface area contributed by atoms with Gasteiger partial charge in [-0.15, -0.1) is 0 Å². The van der Waals surface area contributed by atoms with Gasteiger partial charge < -0.3 is 0 Å². The number of hydrogen-bond acceptors (Lipinski definition) is 0. The molecule has 0 spiro atoms. The molecule has 0 saturated carbocycles. The summed E-state index contributed by atoms with van der Waals surface area (Å²) in [6.07, 6.45) is 0. The summed E-state index contributed by atoms with van der Waals surface area (Å²) in [4.78, 5) is 0. The Morgan fingerprint density at radius 2 is 0.833 bits per heavy atom. The molecule has 0 aromatic carbocycles. The molecule has 0 amide bonds. The zero-order valence-corrected chi connectivity index (χ0v) is 16.3. The zero-order chi connectivity index (χ0) is 8.55. The molecule has 2 rings (SSSR count). The van der Waals surface area contributed by atoms with Crippen LogP contribution in [0.4, 0.5) is 0 Å². The molecule has 4 heteroatoms. The fraction of sp³-hybridized carbons (Fsp3) is 0.429. The van der Waals surface area contributed by atoms with Gasteiger partial charge in [-0.05, 0) is 0 Å². The molecule has 2 heterocycles. The summed E-state index contributed by atoms with van der Waals surface area (Å²) in [6, 6.07) is 9.36. The van der Waals surface area contributed by atoms with E-state index >= 15 is 0 Å². The van der Waals surface area contributed by atoms with Crippen molar-refractivity contribution in [2.24, 2.45) is 0 Å². The van der Waals surface area contributed by atoms with Crippen LogP contribution >= 0.6 is 0 Å². The summed E-state index contributed by atoms with van der Waals surface area (Å²) in [7, 11) is 0. The molecule has 0 nitrogen and oxygen atoms in total. The first kappa shape index (κ1) is 31.8. The van der Waals surface area contributed by atoms with Gasteiger partial charge in [0, 0.05) is 0 Å². The van der Waals surface area contributed by atoms with Crippen LogP contribution in [0.3, 0.4) is 0 Å². The molecule has 0 aliphatic carbocycles. The predicted octanol–water partition coefficient (Wildman–Crippen LogP) is 2.34. The maximum absolute atomic E-state index is 2.35. The van der Waals surface area contributed by atoms with Crippen molar-refractivity contribution in [3.8, 4) is 8.87 Å². The van der Waals surface area contributed by atoms with E-state index in [1.165, 1.54) is 45.0 Å². The van der Waals surface area contributed by atoms with Crippen LogP contribution in [0.25, 0.3) is 8.87 Å². The summed E-state index contributed by atoms with van der Waals surface area (Å²) >= 11 is 4.06. The Balaban J connectivity index is -0.0000000939. The molecule has 0 bridgehead atoms. The van der Waals surface area contributed by atoms with E-state index < -0.39 is 0 Å². The van der Waals surface area contributed by atoms with E-state index in [4.69, 9.17) is 0 Å². The van der Waals surface area contributed by atoms with E-state index in [1.54, 1.807) is 13.8 Å². The van der Waals surface area contributed by atoms with E-state index in [2.05, 4.69) is 24.3 Å². The van der Waals surface area contributed by atoms with Crippen LogP contribution in [0.1, 0.15) is 44.6 Å². The van der Waals surface area contributed by atoms with Crippen LogP contribution in [-0.2, 0) is 0 Å². The van der Waals surface area contributed by atoms with Crippen molar-refractivity contribution in [2.75, 3.05) is 0 Å².